The number of hydrogen-bond acceptors (Lipinski definition) is 4. The molecule has 1 fully saturated rings. The zero-order valence-corrected chi connectivity index (χ0v) is 16.3. The fourth-order valence-corrected chi connectivity index (χ4v) is 3.41. The number of carbonyl (C=O) groups excluding carboxylic acids is 1. The van der Waals surface area contributed by atoms with Crippen LogP contribution in [-0.4, -0.2) is 33.9 Å². The van der Waals surface area contributed by atoms with E-state index >= 15 is 0 Å². The van der Waals surface area contributed by atoms with Crippen molar-refractivity contribution in [3.05, 3.63) is 72.2 Å². The lowest BCUT2D eigenvalue weighted by Gasteiger charge is -2.30. The Hall–Kier alpha value is -3.28. The van der Waals surface area contributed by atoms with E-state index in [1.54, 1.807) is 24.3 Å². The molecule has 2 heterocycles. The van der Waals surface area contributed by atoms with Gasteiger partial charge in [-0.3, -0.25) is 4.79 Å². The van der Waals surface area contributed by atoms with Gasteiger partial charge in [0.25, 0.3) is 5.91 Å². The van der Waals surface area contributed by atoms with Crippen molar-refractivity contribution in [3.8, 4) is 11.4 Å². The topological polar surface area (TPSA) is 58.1 Å². The number of likely N-dealkylation sites (tertiary alicyclic amines) is 1. The van der Waals surface area contributed by atoms with Crippen LogP contribution in [-0.2, 0) is 0 Å². The number of amides is 1. The number of nitrogens with one attached hydrogen (secondary N) is 1. The first-order valence-electron chi connectivity index (χ1n) is 9.85. The molecule has 1 amide bonds. The smallest absolute Gasteiger partial charge is 0.272 e. The molecule has 0 unspecified atom stereocenters. The highest BCUT2D eigenvalue weighted by molar-refractivity contribution is 5.93. The minimum absolute atomic E-state index is 0.118. The third-order valence-corrected chi connectivity index (χ3v) is 5.18. The molecule has 0 radical (unpaired) electrons. The van der Waals surface area contributed by atoms with Gasteiger partial charge in [0.15, 0.2) is 5.82 Å². The molecule has 1 aliphatic rings. The molecule has 2 aromatic carbocycles. The molecule has 1 aliphatic heterocycles. The molecule has 1 aromatic heterocycles. The molecule has 0 atom stereocenters. The highest BCUT2D eigenvalue weighted by Gasteiger charge is 2.23. The van der Waals surface area contributed by atoms with Crippen LogP contribution in [0, 0.1) is 11.7 Å². The van der Waals surface area contributed by atoms with Gasteiger partial charge < -0.3 is 10.2 Å². The zero-order chi connectivity index (χ0) is 20.2. The highest BCUT2D eigenvalue weighted by atomic mass is 19.1. The Balaban J connectivity index is 1.70. The summed E-state index contributed by atoms with van der Waals surface area (Å²) >= 11 is 0. The number of aromatic nitrogens is 2. The predicted molar refractivity (Wildman–Crippen MR) is 111 cm³/mol. The maximum Gasteiger partial charge on any atom is 0.272 e. The molecule has 29 heavy (non-hydrogen) atoms. The van der Waals surface area contributed by atoms with Crippen LogP contribution in [0.1, 0.15) is 30.3 Å². The second kappa shape index (κ2) is 8.39. The number of rotatable bonds is 4. The maximum atomic E-state index is 14.1. The van der Waals surface area contributed by atoms with E-state index in [0.29, 0.717) is 28.9 Å². The van der Waals surface area contributed by atoms with Crippen molar-refractivity contribution in [1.82, 2.24) is 14.9 Å². The Bertz CT molecular complexity index is 1000. The molecular weight excluding hydrogens is 367 g/mol. The Morgan fingerprint density at radius 3 is 2.45 bits per heavy atom. The summed E-state index contributed by atoms with van der Waals surface area (Å²) in [7, 11) is 0. The summed E-state index contributed by atoms with van der Waals surface area (Å²) in [4.78, 5) is 24.0. The first-order valence-corrected chi connectivity index (χ1v) is 9.85. The summed E-state index contributed by atoms with van der Waals surface area (Å²) in [5.41, 5.74) is 1.41. The van der Waals surface area contributed by atoms with Crippen LogP contribution in [0.2, 0.25) is 0 Å². The molecule has 6 heteroatoms. The summed E-state index contributed by atoms with van der Waals surface area (Å²) < 4.78 is 14.1. The summed E-state index contributed by atoms with van der Waals surface area (Å²) in [6.45, 7) is 3.65. The normalized spacial score (nSPS) is 14.6. The van der Waals surface area contributed by atoms with Gasteiger partial charge in [-0.15, -0.1) is 0 Å². The molecular formula is C23H23FN4O. The average Bonchev–Trinajstić information content (AvgIpc) is 2.76. The molecule has 1 saturated heterocycles. The Kier molecular flexibility index (Phi) is 5.51. The van der Waals surface area contributed by atoms with Gasteiger partial charge in [0.1, 0.15) is 17.3 Å². The van der Waals surface area contributed by atoms with Crippen LogP contribution in [0.5, 0.6) is 0 Å². The largest absolute Gasteiger partial charge is 0.338 e. The third kappa shape index (κ3) is 4.42. The fourth-order valence-electron chi connectivity index (χ4n) is 3.41. The van der Waals surface area contributed by atoms with Crippen molar-refractivity contribution in [1.29, 1.82) is 0 Å². The van der Waals surface area contributed by atoms with Crippen molar-refractivity contribution in [2.24, 2.45) is 5.92 Å². The number of piperidine rings is 1. The maximum absolute atomic E-state index is 14.1. The average molecular weight is 390 g/mol. The van der Waals surface area contributed by atoms with E-state index in [9.17, 15) is 9.18 Å². The summed E-state index contributed by atoms with van der Waals surface area (Å²) in [5, 5.41) is 2.99. The number of carbonyl (C=O) groups is 1. The van der Waals surface area contributed by atoms with Crippen LogP contribution < -0.4 is 5.32 Å². The lowest BCUT2D eigenvalue weighted by Crippen LogP contribution is -2.38. The second-order valence-corrected chi connectivity index (χ2v) is 7.41. The minimum Gasteiger partial charge on any atom is -0.338 e. The van der Waals surface area contributed by atoms with Gasteiger partial charge in [0, 0.05) is 24.7 Å². The van der Waals surface area contributed by atoms with E-state index in [0.717, 1.165) is 31.5 Å². The van der Waals surface area contributed by atoms with E-state index in [1.165, 1.54) is 6.07 Å². The molecule has 0 bridgehead atoms. The number of benzene rings is 2. The van der Waals surface area contributed by atoms with Crippen LogP contribution in [0.3, 0.4) is 0 Å². The second-order valence-electron chi connectivity index (χ2n) is 7.41. The van der Waals surface area contributed by atoms with Gasteiger partial charge in [-0.25, -0.2) is 14.4 Å². The SMILES string of the molecule is CC1CCN(C(=O)c2cc(Nc3ccccc3F)nc(-c3ccccc3)n2)CC1. The van der Waals surface area contributed by atoms with E-state index in [2.05, 4.69) is 22.2 Å². The number of nitrogens with zero attached hydrogens (tertiary/aromatic N) is 3. The lowest BCUT2D eigenvalue weighted by molar-refractivity contribution is 0.0691. The molecule has 3 aromatic rings. The van der Waals surface area contributed by atoms with Crippen LogP contribution in [0.4, 0.5) is 15.9 Å². The van der Waals surface area contributed by atoms with Crippen LogP contribution >= 0.6 is 0 Å². The molecule has 0 spiro atoms. The predicted octanol–water partition coefficient (Wildman–Crippen LogP) is 4.90. The van der Waals surface area contributed by atoms with E-state index in [1.807, 2.05) is 35.2 Å². The summed E-state index contributed by atoms with van der Waals surface area (Å²) in [5.74, 6) is 0.944. The highest BCUT2D eigenvalue weighted by Crippen LogP contribution is 2.24. The molecule has 5 nitrogen and oxygen atoms in total. The quantitative estimate of drug-likeness (QED) is 0.688. The monoisotopic (exact) mass is 390 g/mol. The summed E-state index contributed by atoms with van der Waals surface area (Å²) in [6, 6.07) is 17.4. The van der Waals surface area contributed by atoms with Crippen LogP contribution in [0.25, 0.3) is 11.4 Å². The van der Waals surface area contributed by atoms with E-state index in [4.69, 9.17) is 0 Å². The van der Waals surface area contributed by atoms with Crippen molar-refractivity contribution in [2.75, 3.05) is 18.4 Å². The standard InChI is InChI=1S/C23H23FN4O/c1-16-11-13-28(14-12-16)23(29)20-15-21(25-19-10-6-5-9-18(19)24)27-22(26-20)17-7-3-2-4-8-17/h2-10,15-16H,11-14H2,1H3,(H,25,26,27). The lowest BCUT2D eigenvalue weighted by atomic mass is 9.99. The van der Waals surface area contributed by atoms with Gasteiger partial charge in [-0.1, -0.05) is 49.4 Å². The van der Waals surface area contributed by atoms with Gasteiger partial charge in [0.05, 0.1) is 5.69 Å². The van der Waals surface area contributed by atoms with E-state index < -0.39 is 0 Å². The van der Waals surface area contributed by atoms with Crippen molar-refractivity contribution < 1.29 is 9.18 Å². The Labute approximate surface area is 169 Å². The Morgan fingerprint density at radius 2 is 1.72 bits per heavy atom. The van der Waals surface area contributed by atoms with Crippen molar-refractivity contribution in [3.63, 3.8) is 0 Å². The number of para-hydroxylation sites is 1. The van der Waals surface area contributed by atoms with Gasteiger partial charge >= 0.3 is 0 Å². The fraction of sp³-hybridized carbons (Fsp3) is 0.261. The molecule has 0 aliphatic carbocycles. The number of anilines is 2. The third-order valence-electron chi connectivity index (χ3n) is 5.18. The zero-order valence-electron chi connectivity index (χ0n) is 16.3. The van der Waals surface area contributed by atoms with Gasteiger partial charge in [-0.2, -0.15) is 0 Å². The van der Waals surface area contributed by atoms with Gasteiger partial charge in [-0.05, 0) is 30.9 Å². The van der Waals surface area contributed by atoms with Crippen molar-refractivity contribution in [2.45, 2.75) is 19.8 Å². The molecule has 0 saturated carbocycles. The van der Waals surface area contributed by atoms with E-state index in [-0.39, 0.29) is 11.7 Å². The molecule has 4 rings (SSSR count). The van der Waals surface area contributed by atoms with Crippen molar-refractivity contribution >= 4 is 17.4 Å². The first-order chi connectivity index (χ1) is 14.1. The van der Waals surface area contributed by atoms with Crippen LogP contribution in [0.15, 0.2) is 60.7 Å². The van der Waals surface area contributed by atoms with Gasteiger partial charge in [0.2, 0.25) is 0 Å². The first kappa shape index (κ1) is 19.1. The Morgan fingerprint density at radius 1 is 1.03 bits per heavy atom. The minimum atomic E-state index is -0.384. The molecule has 148 valence electrons. The number of hydrogen-bond donors (Lipinski definition) is 1. The molecule has 1 N–H and O–H groups in total. The number of halogens is 1. The summed E-state index contributed by atoms with van der Waals surface area (Å²) in [6.07, 6.45) is 1.98.